The number of aryl methyl sites for hydroxylation is 1. The Balaban J connectivity index is 2.09. The molecule has 86 valence electrons. The molecule has 1 aromatic heterocycles. The van der Waals surface area contributed by atoms with Crippen LogP contribution < -0.4 is 0 Å². The highest BCUT2D eigenvalue weighted by Crippen LogP contribution is 2.43. The molecule has 3 rings (SSSR count). The fraction of sp³-hybridized carbons (Fsp3) is 0.667. The number of nitrogens with one attached hydrogen (secondary N) is 1. The summed E-state index contributed by atoms with van der Waals surface area (Å²) in [6.07, 6.45) is 6.67. The maximum Gasteiger partial charge on any atom is 0.315 e. The molecule has 0 aliphatic heterocycles. The van der Waals surface area contributed by atoms with Crippen LogP contribution in [0.4, 0.5) is 0 Å². The molecule has 2 N–H and O–H groups in total. The highest BCUT2D eigenvalue weighted by Gasteiger charge is 2.47. The molecule has 1 heterocycles. The van der Waals surface area contributed by atoms with Gasteiger partial charge in [-0.2, -0.15) is 5.10 Å². The molecule has 1 fully saturated rings. The second-order valence-electron chi connectivity index (χ2n) is 4.98. The summed E-state index contributed by atoms with van der Waals surface area (Å²) in [4.78, 5) is 11.6. The quantitative estimate of drug-likeness (QED) is 0.798. The van der Waals surface area contributed by atoms with Gasteiger partial charge in [0.2, 0.25) is 0 Å². The van der Waals surface area contributed by atoms with E-state index in [1.807, 2.05) is 0 Å². The van der Waals surface area contributed by atoms with Gasteiger partial charge in [-0.1, -0.05) is 12.8 Å². The van der Waals surface area contributed by atoms with Crippen LogP contribution in [0.1, 0.15) is 49.1 Å². The average molecular weight is 220 g/mol. The van der Waals surface area contributed by atoms with E-state index in [1.54, 1.807) is 0 Å². The molecule has 0 amide bonds. The van der Waals surface area contributed by atoms with E-state index < -0.39 is 11.4 Å². The molecule has 1 saturated carbocycles. The topological polar surface area (TPSA) is 66.0 Å². The van der Waals surface area contributed by atoms with Gasteiger partial charge in [-0.05, 0) is 37.7 Å². The molecule has 0 spiro atoms. The molecule has 0 atom stereocenters. The molecule has 4 nitrogen and oxygen atoms in total. The van der Waals surface area contributed by atoms with Gasteiger partial charge in [0, 0.05) is 5.69 Å². The smallest absolute Gasteiger partial charge is 0.315 e. The summed E-state index contributed by atoms with van der Waals surface area (Å²) < 4.78 is 0. The van der Waals surface area contributed by atoms with Crippen molar-refractivity contribution in [2.24, 2.45) is 0 Å². The van der Waals surface area contributed by atoms with E-state index in [-0.39, 0.29) is 0 Å². The Bertz CT molecular complexity index is 430. The first-order valence-electron chi connectivity index (χ1n) is 6.04. The lowest BCUT2D eigenvalue weighted by atomic mass is 9.80. The third-order valence-corrected chi connectivity index (χ3v) is 4.13. The predicted molar refractivity (Wildman–Crippen MR) is 58.4 cm³/mol. The van der Waals surface area contributed by atoms with Gasteiger partial charge in [-0.3, -0.25) is 9.89 Å². The van der Waals surface area contributed by atoms with E-state index in [0.29, 0.717) is 0 Å². The van der Waals surface area contributed by atoms with Crippen molar-refractivity contribution < 1.29 is 9.90 Å². The maximum absolute atomic E-state index is 11.6. The molecule has 16 heavy (non-hydrogen) atoms. The van der Waals surface area contributed by atoms with Crippen LogP contribution in [0.25, 0.3) is 0 Å². The van der Waals surface area contributed by atoms with Crippen molar-refractivity contribution in [1.29, 1.82) is 0 Å². The van der Waals surface area contributed by atoms with Gasteiger partial charge in [0.15, 0.2) is 0 Å². The SMILES string of the molecule is O=C(O)C1(c2n[nH]c3c2CCC3)CCCC1. The number of carbonyl (C=O) groups is 1. The molecule has 1 aromatic rings. The molecular formula is C12H16N2O2. The summed E-state index contributed by atoms with van der Waals surface area (Å²) >= 11 is 0. The maximum atomic E-state index is 11.6. The Morgan fingerprint density at radius 3 is 2.69 bits per heavy atom. The van der Waals surface area contributed by atoms with E-state index in [0.717, 1.165) is 50.6 Å². The van der Waals surface area contributed by atoms with Gasteiger partial charge >= 0.3 is 5.97 Å². The number of aromatic amines is 1. The Morgan fingerprint density at radius 2 is 2.00 bits per heavy atom. The monoisotopic (exact) mass is 220 g/mol. The number of carboxylic acids is 1. The number of aromatic nitrogens is 2. The van der Waals surface area contributed by atoms with Crippen molar-refractivity contribution in [1.82, 2.24) is 10.2 Å². The molecule has 2 aliphatic rings. The summed E-state index contributed by atoms with van der Waals surface area (Å²) in [5.41, 5.74) is 2.52. The Labute approximate surface area is 94.1 Å². The average Bonchev–Trinajstić information content (AvgIpc) is 2.93. The van der Waals surface area contributed by atoms with Crippen molar-refractivity contribution in [3.8, 4) is 0 Å². The van der Waals surface area contributed by atoms with Gasteiger partial charge < -0.3 is 5.11 Å². The largest absolute Gasteiger partial charge is 0.481 e. The first-order chi connectivity index (χ1) is 7.74. The summed E-state index contributed by atoms with van der Waals surface area (Å²) in [5.74, 6) is -0.689. The van der Waals surface area contributed by atoms with Gasteiger partial charge in [-0.15, -0.1) is 0 Å². The van der Waals surface area contributed by atoms with Crippen LogP contribution in [0.3, 0.4) is 0 Å². The Morgan fingerprint density at radius 1 is 1.25 bits per heavy atom. The van der Waals surface area contributed by atoms with Crippen molar-refractivity contribution in [2.45, 2.75) is 50.4 Å². The summed E-state index contributed by atoms with van der Waals surface area (Å²) in [5, 5.41) is 16.8. The molecule has 2 aliphatic carbocycles. The number of nitrogens with zero attached hydrogens (tertiary/aromatic N) is 1. The number of H-pyrrole nitrogens is 1. The van der Waals surface area contributed by atoms with Crippen LogP contribution in [-0.2, 0) is 23.1 Å². The standard InChI is InChI=1S/C12H16N2O2/c15-11(16)12(6-1-2-7-12)10-8-4-3-5-9(8)13-14-10/h1-7H2,(H,13,14)(H,15,16). The van der Waals surface area contributed by atoms with E-state index >= 15 is 0 Å². The van der Waals surface area contributed by atoms with Crippen LogP contribution >= 0.6 is 0 Å². The number of aliphatic carboxylic acids is 1. The fourth-order valence-electron chi connectivity index (χ4n) is 3.25. The minimum Gasteiger partial charge on any atom is -0.481 e. The number of carboxylic acid groups (broad SMARTS) is 1. The van der Waals surface area contributed by atoms with E-state index in [9.17, 15) is 9.90 Å². The fourth-order valence-corrected chi connectivity index (χ4v) is 3.25. The molecular weight excluding hydrogens is 204 g/mol. The lowest BCUT2D eigenvalue weighted by Gasteiger charge is -2.22. The second-order valence-corrected chi connectivity index (χ2v) is 4.98. The minimum absolute atomic E-state index is 0.686. The third kappa shape index (κ3) is 1.16. The molecule has 0 unspecified atom stereocenters. The summed E-state index contributed by atoms with van der Waals surface area (Å²) in [7, 11) is 0. The number of fused-ring (bicyclic) bond motifs is 1. The molecule has 0 saturated heterocycles. The van der Waals surface area contributed by atoms with Gasteiger partial charge in [0.25, 0.3) is 0 Å². The Hall–Kier alpha value is -1.32. The van der Waals surface area contributed by atoms with Crippen LogP contribution in [0.2, 0.25) is 0 Å². The van der Waals surface area contributed by atoms with Crippen molar-refractivity contribution >= 4 is 5.97 Å². The molecule has 0 bridgehead atoms. The zero-order chi connectivity index (χ0) is 11.2. The zero-order valence-corrected chi connectivity index (χ0v) is 9.25. The summed E-state index contributed by atoms with van der Waals surface area (Å²) in [6.45, 7) is 0. The van der Waals surface area contributed by atoms with Crippen LogP contribution in [0.15, 0.2) is 0 Å². The van der Waals surface area contributed by atoms with Gasteiger partial charge in [-0.25, -0.2) is 0 Å². The van der Waals surface area contributed by atoms with Crippen molar-refractivity contribution in [3.63, 3.8) is 0 Å². The van der Waals surface area contributed by atoms with Crippen LogP contribution in [0.5, 0.6) is 0 Å². The van der Waals surface area contributed by atoms with E-state index in [2.05, 4.69) is 10.2 Å². The zero-order valence-electron chi connectivity index (χ0n) is 9.25. The number of hydrogen-bond acceptors (Lipinski definition) is 2. The van der Waals surface area contributed by atoms with E-state index in [4.69, 9.17) is 0 Å². The highest BCUT2D eigenvalue weighted by molar-refractivity contribution is 5.81. The lowest BCUT2D eigenvalue weighted by molar-refractivity contribution is -0.143. The Kier molecular flexibility index (Phi) is 2.06. The summed E-state index contributed by atoms with van der Waals surface area (Å²) in [6, 6.07) is 0. The molecule has 4 heteroatoms. The minimum atomic E-state index is -0.689. The molecule has 0 radical (unpaired) electrons. The third-order valence-electron chi connectivity index (χ3n) is 4.13. The highest BCUT2D eigenvalue weighted by atomic mass is 16.4. The predicted octanol–water partition coefficient (Wildman–Crippen LogP) is 1.79. The van der Waals surface area contributed by atoms with Crippen LogP contribution in [-0.4, -0.2) is 21.3 Å². The molecule has 0 aromatic carbocycles. The number of rotatable bonds is 2. The normalized spacial score (nSPS) is 22.2. The van der Waals surface area contributed by atoms with Crippen molar-refractivity contribution in [3.05, 3.63) is 17.0 Å². The second kappa shape index (κ2) is 3.34. The van der Waals surface area contributed by atoms with Crippen LogP contribution in [0, 0.1) is 0 Å². The first-order valence-corrected chi connectivity index (χ1v) is 6.04. The lowest BCUT2D eigenvalue weighted by Crippen LogP contribution is -2.34. The van der Waals surface area contributed by atoms with Gasteiger partial charge in [0.05, 0.1) is 5.69 Å². The van der Waals surface area contributed by atoms with E-state index in [1.165, 1.54) is 11.3 Å². The van der Waals surface area contributed by atoms with Gasteiger partial charge in [0.1, 0.15) is 5.41 Å². The van der Waals surface area contributed by atoms with Crippen molar-refractivity contribution in [2.75, 3.05) is 0 Å². The first kappa shape index (κ1) is 9.87. The number of hydrogen-bond donors (Lipinski definition) is 2.